The number of primary amides is 1. The van der Waals surface area contributed by atoms with Crippen LogP contribution >= 0.6 is 0 Å². The Morgan fingerprint density at radius 2 is 1.94 bits per heavy atom. The minimum Gasteiger partial charge on any atom is -0.368 e. The summed E-state index contributed by atoms with van der Waals surface area (Å²) in [6.45, 7) is 2.56. The van der Waals surface area contributed by atoms with Crippen molar-refractivity contribution < 1.29 is 4.79 Å². The first kappa shape index (κ1) is 13.5. The molecule has 1 aliphatic rings. The minimum absolute atomic E-state index is 0.412. The molecule has 16 heavy (non-hydrogen) atoms. The van der Waals surface area contributed by atoms with Crippen LogP contribution in [0.1, 0.15) is 45.4 Å². The summed E-state index contributed by atoms with van der Waals surface area (Å²) in [7, 11) is 2.12. The zero-order valence-electron chi connectivity index (χ0n) is 10.5. The molecule has 0 saturated heterocycles. The topological polar surface area (TPSA) is 72.3 Å². The third kappa shape index (κ3) is 3.76. The Balaban J connectivity index is 2.33. The number of carbonyl (C=O) groups is 1. The lowest BCUT2D eigenvalue weighted by molar-refractivity contribution is -0.122. The average Bonchev–Trinajstić information content (AvgIpc) is 2.27. The summed E-state index contributed by atoms with van der Waals surface area (Å²) in [5, 5.41) is 0. The number of hydrogen-bond acceptors (Lipinski definition) is 3. The van der Waals surface area contributed by atoms with Gasteiger partial charge < -0.3 is 16.4 Å². The van der Waals surface area contributed by atoms with Crippen molar-refractivity contribution >= 4 is 5.91 Å². The maximum absolute atomic E-state index is 11.1. The molecule has 4 heteroatoms. The molecule has 0 heterocycles. The highest BCUT2D eigenvalue weighted by atomic mass is 16.1. The number of amides is 1. The summed E-state index contributed by atoms with van der Waals surface area (Å²) < 4.78 is 0. The minimum atomic E-state index is -0.872. The number of rotatable bonds is 5. The van der Waals surface area contributed by atoms with Gasteiger partial charge in [-0.2, -0.15) is 0 Å². The van der Waals surface area contributed by atoms with Crippen molar-refractivity contribution in [2.45, 2.75) is 57.0 Å². The third-order valence-corrected chi connectivity index (χ3v) is 3.74. The van der Waals surface area contributed by atoms with E-state index in [-0.39, 0.29) is 0 Å². The molecule has 1 fully saturated rings. The molecule has 1 rings (SSSR count). The van der Waals surface area contributed by atoms with Crippen molar-refractivity contribution in [1.82, 2.24) is 4.90 Å². The molecule has 0 aromatic carbocycles. The highest BCUT2D eigenvalue weighted by Crippen LogP contribution is 2.22. The molecule has 0 aromatic heterocycles. The molecule has 1 amide bonds. The van der Waals surface area contributed by atoms with Gasteiger partial charge in [0.25, 0.3) is 0 Å². The fraction of sp³-hybridized carbons (Fsp3) is 0.917. The van der Waals surface area contributed by atoms with Crippen LogP contribution in [0.15, 0.2) is 0 Å². The molecule has 1 unspecified atom stereocenters. The van der Waals surface area contributed by atoms with E-state index in [1.165, 1.54) is 32.1 Å². The second kappa shape index (κ2) is 5.64. The summed E-state index contributed by atoms with van der Waals surface area (Å²) in [5.74, 6) is -0.412. The van der Waals surface area contributed by atoms with Gasteiger partial charge in [-0.1, -0.05) is 19.3 Å². The molecule has 1 saturated carbocycles. The molecule has 0 aromatic rings. The molecule has 0 radical (unpaired) electrons. The maximum Gasteiger partial charge on any atom is 0.237 e. The van der Waals surface area contributed by atoms with E-state index in [0.717, 1.165) is 6.54 Å². The maximum atomic E-state index is 11.1. The molecular weight excluding hydrogens is 202 g/mol. The van der Waals surface area contributed by atoms with E-state index in [9.17, 15) is 4.79 Å². The van der Waals surface area contributed by atoms with Gasteiger partial charge in [0.2, 0.25) is 5.91 Å². The van der Waals surface area contributed by atoms with Gasteiger partial charge in [-0.3, -0.25) is 4.79 Å². The number of nitrogens with two attached hydrogens (primary N) is 2. The van der Waals surface area contributed by atoms with Crippen LogP contribution < -0.4 is 11.5 Å². The van der Waals surface area contributed by atoms with Gasteiger partial charge in [-0.15, -0.1) is 0 Å². The normalized spacial score (nSPS) is 22.0. The number of nitrogens with zero attached hydrogens (tertiary/aromatic N) is 1. The lowest BCUT2D eigenvalue weighted by atomic mass is 9.93. The highest BCUT2D eigenvalue weighted by Gasteiger charge is 2.27. The average molecular weight is 227 g/mol. The molecule has 0 bridgehead atoms. The lowest BCUT2D eigenvalue weighted by Gasteiger charge is -2.33. The molecule has 0 aliphatic heterocycles. The van der Waals surface area contributed by atoms with Crippen molar-refractivity contribution in [3.63, 3.8) is 0 Å². The summed E-state index contributed by atoms with van der Waals surface area (Å²) in [6, 6.07) is 0.664. The number of hydrogen-bond donors (Lipinski definition) is 2. The summed E-state index contributed by atoms with van der Waals surface area (Å²) in [4.78, 5) is 13.4. The van der Waals surface area contributed by atoms with Crippen molar-refractivity contribution in [2.24, 2.45) is 11.5 Å². The molecular formula is C12H25N3O. The van der Waals surface area contributed by atoms with Crippen LogP contribution in [-0.4, -0.2) is 36.0 Å². The molecule has 1 atom stereocenters. The van der Waals surface area contributed by atoms with Crippen LogP contribution in [-0.2, 0) is 4.79 Å². The fourth-order valence-corrected chi connectivity index (χ4v) is 2.24. The smallest absolute Gasteiger partial charge is 0.237 e. The van der Waals surface area contributed by atoms with Gasteiger partial charge in [0.05, 0.1) is 5.54 Å². The van der Waals surface area contributed by atoms with E-state index < -0.39 is 11.4 Å². The fourth-order valence-electron chi connectivity index (χ4n) is 2.24. The van der Waals surface area contributed by atoms with Crippen LogP contribution in [0.2, 0.25) is 0 Å². The first-order chi connectivity index (χ1) is 7.43. The molecule has 4 nitrogen and oxygen atoms in total. The van der Waals surface area contributed by atoms with Crippen molar-refractivity contribution in [1.29, 1.82) is 0 Å². The Kier molecular flexibility index (Phi) is 4.74. The predicted molar refractivity (Wildman–Crippen MR) is 65.9 cm³/mol. The molecule has 94 valence electrons. The Morgan fingerprint density at radius 3 is 2.44 bits per heavy atom. The van der Waals surface area contributed by atoms with Crippen LogP contribution in [0.4, 0.5) is 0 Å². The van der Waals surface area contributed by atoms with E-state index in [0.29, 0.717) is 12.5 Å². The zero-order valence-corrected chi connectivity index (χ0v) is 10.5. The summed E-state index contributed by atoms with van der Waals surface area (Å²) in [6.07, 6.45) is 7.19. The summed E-state index contributed by atoms with van der Waals surface area (Å²) in [5.41, 5.74) is 10.2. The number of carbonyl (C=O) groups excluding carboxylic acids is 1. The monoisotopic (exact) mass is 227 g/mol. The van der Waals surface area contributed by atoms with Crippen LogP contribution in [0.25, 0.3) is 0 Å². The van der Waals surface area contributed by atoms with Crippen LogP contribution in [0.5, 0.6) is 0 Å². The second-order valence-corrected chi connectivity index (χ2v) is 5.30. The Hall–Kier alpha value is -0.610. The van der Waals surface area contributed by atoms with Crippen LogP contribution in [0, 0.1) is 0 Å². The molecule has 4 N–H and O–H groups in total. The largest absolute Gasteiger partial charge is 0.368 e. The summed E-state index contributed by atoms with van der Waals surface area (Å²) >= 11 is 0. The standard InChI is InChI=1S/C12H25N3O/c1-12(14,11(13)16)8-9-15(2)10-6-4-3-5-7-10/h10H,3-9,14H2,1-2H3,(H2,13,16). The van der Waals surface area contributed by atoms with Crippen LogP contribution in [0.3, 0.4) is 0 Å². The van der Waals surface area contributed by atoms with E-state index in [2.05, 4.69) is 11.9 Å². The second-order valence-electron chi connectivity index (χ2n) is 5.30. The lowest BCUT2D eigenvalue weighted by Crippen LogP contribution is -2.51. The van der Waals surface area contributed by atoms with Gasteiger partial charge in [0, 0.05) is 12.6 Å². The van der Waals surface area contributed by atoms with Crippen molar-refractivity contribution in [2.75, 3.05) is 13.6 Å². The van der Waals surface area contributed by atoms with Gasteiger partial charge in [-0.05, 0) is 33.2 Å². The molecule has 0 spiro atoms. The quantitative estimate of drug-likeness (QED) is 0.731. The van der Waals surface area contributed by atoms with Crippen molar-refractivity contribution in [3.05, 3.63) is 0 Å². The van der Waals surface area contributed by atoms with E-state index in [1.807, 2.05) is 0 Å². The van der Waals surface area contributed by atoms with Gasteiger partial charge in [0.15, 0.2) is 0 Å². The van der Waals surface area contributed by atoms with Gasteiger partial charge >= 0.3 is 0 Å². The van der Waals surface area contributed by atoms with Gasteiger partial charge in [0.1, 0.15) is 0 Å². The van der Waals surface area contributed by atoms with E-state index >= 15 is 0 Å². The zero-order chi connectivity index (χ0) is 12.2. The molecule has 1 aliphatic carbocycles. The van der Waals surface area contributed by atoms with E-state index in [1.54, 1.807) is 6.92 Å². The Bertz CT molecular complexity index is 234. The van der Waals surface area contributed by atoms with Crippen molar-refractivity contribution in [3.8, 4) is 0 Å². The first-order valence-corrected chi connectivity index (χ1v) is 6.22. The van der Waals surface area contributed by atoms with E-state index in [4.69, 9.17) is 11.5 Å². The first-order valence-electron chi connectivity index (χ1n) is 6.22. The Morgan fingerprint density at radius 1 is 1.38 bits per heavy atom. The SMILES string of the molecule is CN(CCC(C)(N)C(N)=O)C1CCCCC1. The predicted octanol–water partition coefficient (Wildman–Crippen LogP) is 0.844. The van der Waals surface area contributed by atoms with Gasteiger partial charge in [-0.25, -0.2) is 0 Å². The third-order valence-electron chi connectivity index (χ3n) is 3.74. The highest BCUT2D eigenvalue weighted by molar-refractivity contribution is 5.83. The Labute approximate surface area is 98.3 Å².